The highest BCUT2D eigenvalue weighted by Gasteiger charge is 2.23. The van der Waals surface area contributed by atoms with E-state index in [0.29, 0.717) is 6.54 Å². The summed E-state index contributed by atoms with van der Waals surface area (Å²) in [7, 11) is 0. The Morgan fingerprint density at radius 1 is 1.16 bits per heavy atom. The molecular weight excluding hydrogens is 315 g/mol. The van der Waals surface area contributed by atoms with E-state index in [0.717, 1.165) is 25.1 Å². The Hall–Kier alpha value is -2.46. The van der Waals surface area contributed by atoms with Crippen molar-refractivity contribution < 1.29 is 9.18 Å². The van der Waals surface area contributed by atoms with Gasteiger partial charge in [0, 0.05) is 19.6 Å². The third kappa shape index (κ3) is 4.54. The van der Waals surface area contributed by atoms with E-state index in [2.05, 4.69) is 28.4 Å². The molecule has 0 bridgehead atoms. The molecule has 130 valence electrons. The minimum atomic E-state index is -0.266. The molecule has 0 saturated carbocycles. The van der Waals surface area contributed by atoms with E-state index in [9.17, 15) is 9.18 Å². The highest BCUT2D eigenvalue weighted by molar-refractivity contribution is 5.81. The van der Waals surface area contributed by atoms with Gasteiger partial charge in [-0.3, -0.25) is 9.69 Å². The van der Waals surface area contributed by atoms with Gasteiger partial charge in [-0.15, -0.1) is 0 Å². The van der Waals surface area contributed by atoms with Crippen molar-refractivity contribution >= 4 is 11.5 Å². The van der Waals surface area contributed by atoms with Crippen molar-refractivity contribution in [2.24, 2.45) is 0 Å². The van der Waals surface area contributed by atoms with Gasteiger partial charge in [-0.1, -0.05) is 48.5 Å². The topological polar surface area (TPSA) is 32.3 Å². The average Bonchev–Trinajstić information content (AvgIpc) is 2.67. The summed E-state index contributed by atoms with van der Waals surface area (Å²) in [5, 5.41) is 2.93. The number of nitrogens with one attached hydrogen (secondary N) is 1. The van der Waals surface area contributed by atoms with E-state index in [1.165, 1.54) is 23.3 Å². The van der Waals surface area contributed by atoms with Crippen LogP contribution in [-0.4, -0.2) is 29.9 Å². The highest BCUT2D eigenvalue weighted by Crippen LogP contribution is 2.23. The summed E-state index contributed by atoms with van der Waals surface area (Å²) in [6, 6.07) is 16.4. The highest BCUT2D eigenvalue weighted by atomic mass is 19.1. The molecular formula is C21H23FN2O. The maximum absolute atomic E-state index is 12.9. The molecule has 0 saturated heterocycles. The number of benzene rings is 2. The molecule has 2 aromatic carbocycles. The SMILES string of the molecule is C[C@@H](C(=O)NCc1ccc(F)cc1)N1CC=C(c2ccccc2)CC1. The van der Waals surface area contributed by atoms with Crippen molar-refractivity contribution in [3.8, 4) is 0 Å². The lowest BCUT2D eigenvalue weighted by Crippen LogP contribution is -2.46. The van der Waals surface area contributed by atoms with Gasteiger partial charge in [0.25, 0.3) is 0 Å². The first-order valence-corrected chi connectivity index (χ1v) is 8.64. The van der Waals surface area contributed by atoms with Gasteiger partial charge >= 0.3 is 0 Å². The molecule has 1 aliphatic rings. The minimum Gasteiger partial charge on any atom is -0.351 e. The molecule has 0 aromatic heterocycles. The molecule has 0 spiro atoms. The van der Waals surface area contributed by atoms with Gasteiger partial charge in [0.05, 0.1) is 6.04 Å². The summed E-state index contributed by atoms with van der Waals surface area (Å²) in [4.78, 5) is 14.6. The maximum Gasteiger partial charge on any atom is 0.237 e. The second kappa shape index (κ2) is 8.08. The van der Waals surface area contributed by atoms with Gasteiger partial charge in [-0.05, 0) is 42.2 Å². The van der Waals surface area contributed by atoms with Gasteiger partial charge in [0.1, 0.15) is 5.82 Å². The van der Waals surface area contributed by atoms with E-state index < -0.39 is 0 Å². The van der Waals surface area contributed by atoms with Crippen molar-refractivity contribution in [3.63, 3.8) is 0 Å². The van der Waals surface area contributed by atoms with Crippen LogP contribution in [0.3, 0.4) is 0 Å². The molecule has 1 N–H and O–H groups in total. The van der Waals surface area contributed by atoms with Crippen molar-refractivity contribution in [1.29, 1.82) is 0 Å². The molecule has 2 aromatic rings. The van der Waals surface area contributed by atoms with E-state index in [4.69, 9.17) is 0 Å². The largest absolute Gasteiger partial charge is 0.351 e. The van der Waals surface area contributed by atoms with Crippen molar-refractivity contribution in [2.75, 3.05) is 13.1 Å². The van der Waals surface area contributed by atoms with E-state index in [1.807, 2.05) is 25.1 Å². The number of carbonyl (C=O) groups excluding carboxylic acids is 1. The van der Waals surface area contributed by atoms with Crippen LogP contribution in [0.5, 0.6) is 0 Å². The fraction of sp³-hybridized carbons (Fsp3) is 0.286. The number of carbonyl (C=O) groups is 1. The summed E-state index contributed by atoms with van der Waals surface area (Å²) in [6.45, 7) is 3.99. The van der Waals surface area contributed by atoms with E-state index >= 15 is 0 Å². The normalized spacial score (nSPS) is 16.2. The van der Waals surface area contributed by atoms with E-state index in [1.54, 1.807) is 12.1 Å². The Morgan fingerprint density at radius 3 is 2.52 bits per heavy atom. The smallest absolute Gasteiger partial charge is 0.237 e. The third-order valence-electron chi connectivity index (χ3n) is 4.69. The fourth-order valence-corrected chi connectivity index (χ4v) is 3.06. The fourth-order valence-electron chi connectivity index (χ4n) is 3.06. The standard InChI is InChI=1S/C21H23FN2O/c1-16(21(25)23-15-17-7-9-20(22)10-8-17)24-13-11-19(12-14-24)18-5-3-2-4-6-18/h2-11,16H,12-15H2,1H3,(H,23,25)/t16-/m0/s1. The number of hydrogen-bond donors (Lipinski definition) is 1. The van der Waals surface area contributed by atoms with E-state index in [-0.39, 0.29) is 17.8 Å². The Bertz CT molecular complexity index is 740. The maximum atomic E-state index is 12.9. The Kier molecular flexibility index (Phi) is 5.61. The quantitative estimate of drug-likeness (QED) is 0.903. The first-order valence-electron chi connectivity index (χ1n) is 8.64. The summed E-state index contributed by atoms with van der Waals surface area (Å²) in [6.07, 6.45) is 3.15. The van der Waals surface area contributed by atoms with Gasteiger partial charge in [-0.2, -0.15) is 0 Å². The predicted molar refractivity (Wildman–Crippen MR) is 98.3 cm³/mol. The molecule has 3 rings (SSSR count). The predicted octanol–water partition coefficient (Wildman–Crippen LogP) is 3.62. The van der Waals surface area contributed by atoms with Crippen molar-refractivity contribution in [2.45, 2.75) is 25.9 Å². The number of rotatable bonds is 5. The summed E-state index contributed by atoms with van der Waals surface area (Å²) in [5.41, 5.74) is 3.50. The van der Waals surface area contributed by atoms with Crippen LogP contribution in [0.4, 0.5) is 4.39 Å². The molecule has 0 aliphatic carbocycles. The monoisotopic (exact) mass is 338 g/mol. The molecule has 1 heterocycles. The van der Waals surface area contributed by atoms with Crippen molar-refractivity contribution in [3.05, 3.63) is 77.6 Å². The molecule has 1 aliphatic heterocycles. The van der Waals surface area contributed by atoms with Crippen molar-refractivity contribution in [1.82, 2.24) is 10.2 Å². The van der Waals surface area contributed by atoms with Crippen LogP contribution >= 0.6 is 0 Å². The number of halogens is 1. The lowest BCUT2D eigenvalue weighted by molar-refractivity contribution is -0.125. The molecule has 0 fully saturated rings. The Balaban J connectivity index is 1.53. The number of amides is 1. The van der Waals surface area contributed by atoms with Gasteiger partial charge in [0.2, 0.25) is 5.91 Å². The molecule has 25 heavy (non-hydrogen) atoms. The van der Waals surface area contributed by atoms with Crippen LogP contribution in [0.1, 0.15) is 24.5 Å². The Labute approximate surface area is 148 Å². The lowest BCUT2D eigenvalue weighted by Gasteiger charge is -2.31. The van der Waals surface area contributed by atoms with Crippen LogP contribution in [0.15, 0.2) is 60.7 Å². The van der Waals surface area contributed by atoms with Crippen LogP contribution in [-0.2, 0) is 11.3 Å². The summed E-state index contributed by atoms with van der Waals surface area (Å²) >= 11 is 0. The van der Waals surface area contributed by atoms with Crippen LogP contribution in [0.2, 0.25) is 0 Å². The zero-order valence-corrected chi connectivity index (χ0v) is 14.4. The zero-order valence-electron chi connectivity index (χ0n) is 14.4. The second-order valence-corrected chi connectivity index (χ2v) is 6.36. The molecule has 0 radical (unpaired) electrons. The van der Waals surface area contributed by atoms with Crippen LogP contribution in [0, 0.1) is 5.82 Å². The van der Waals surface area contributed by atoms with Crippen LogP contribution < -0.4 is 5.32 Å². The first-order chi connectivity index (χ1) is 12.1. The average molecular weight is 338 g/mol. The van der Waals surface area contributed by atoms with Gasteiger partial charge < -0.3 is 5.32 Å². The molecule has 1 amide bonds. The molecule has 4 heteroatoms. The first kappa shape index (κ1) is 17.4. The summed E-state index contributed by atoms with van der Waals surface area (Å²) in [5.74, 6) is -0.265. The summed E-state index contributed by atoms with van der Waals surface area (Å²) < 4.78 is 12.9. The lowest BCUT2D eigenvalue weighted by atomic mass is 9.99. The van der Waals surface area contributed by atoms with Gasteiger partial charge in [0.15, 0.2) is 0 Å². The molecule has 1 atom stereocenters. The second-order valence-electron chi connectivity index (χ2n) is 6.36. The minimum absolute atomic E-state index is 0.000820. The number of nitrogens with zero attached hydrogens (tertiary/aromatic N) is 1. The molecule has 3 nitrogen and oxygen atoms in total. The number of hydrogen-bond acceptors (Lipinski definition) is 2. The Morgan fingerprint density at radius 2 is 1.88 bits per heavy atom. The van der Waals surface area contributed by atoms with Crippen LogP contribution in [0.25, 0.3) is 5.57 Å². The zero-order chi connectivity index (χ0) is 17.6. The van der Waals surface area contributed by atoms with Gasteiger partial charge in [-0.25, -0.2) is 4.39 Å². The molecule has 0 unspecified atom stereocenters. The third-order valence-corrected chi connectivity index (χ3v) is 4.69.